The van der Waals surface area contributed by atoms with E-state index in [2.05, 4.69) is 0 Å². The van der Waals surface area contributed by atoms with Crippen molar-refractivity contribution in [2.45, 2.75) is 6.92 Å². The van der Waals surface area contributed by atoms with Gasteiger partial charge in [-0.25, -0.2) is 0 Å². The highest BCUT2D eigenvalue weighted by atomic mass is 16.1. The second-order valence-corrected chi connectivity index (χ2v) is 1.73. The summed E-state index contributed by atoms with van der Waals surface area (Å²) in [6.45, 7) is 1.56. The number of rotatable bonds is 1. The van der Waals surface area contributed by atoms with Crippen LogP contribution in [0, 0.1) is 5.92 Å². The first-order valence-electron chi connectivity index (χ1n) is 2.53. The van der Waals surface area contributed by atoms with Gasteiger partial charge in [0.2, 0.25) is 0 Å². The van der Waals surface area contributed by atoms with Crippen LogP contribution in [0.4, 0.5) is 0 Å². The van der Waals surface area contributed by atoms with Gasteiger partial charge in [0.05, 0.1) is 5.92 Å². The van der Waals surface area contributed by atoms with E-state index in [1.54, 1.807) is 6.92 Å². The third kappa shape index (κ3) is 0.861. The zero-order chi connectivity index (χ0) is 5.98. The van der Waals surface area contributed by atoms with Gasteiger partial charge in [0, 0.05) is 0 Å². The average molecular weight is 107 g/mol. The highest BCUT2D eigenvalue weighted by Crippen LogP contribution is 2.10. The first-order valence-corrected chi connectivity index (χ1v) is 2.53. The number of Topliss-reactive ketones (excluding diaryl/α,β-unsaturated/α-hetero) is 1. The lowest BCUT2D eigenvalue weighted by atomic mass is 10.1. The molecule has 8 heavy (non-hydrogen) atoms. The van der Waals surface area contributed by atoms with Gasteiger partial charge in [-0.3, -0.25) is 4.79 Å². The average Bonchev–Trinajstić information content (AvgIpc) is 2.12. The van der Waals surface area contributed by atoms with Crippen molar-refractivity contribution in [1.29, 1.82) is 0 Å². The summed E-state index contributed by atoms with van der Waals surface area (Å²) in [6, 6.07) is 0. The number of ketones is 1. The molecule has 0 amide bonds. The summed E-state index contributed by atoms with van der Waals surface area (Å²) in [5.41, 5.74) is 0. The van der Waals surface area contributed by atoms with Crippen LogP contribution in [0.1, 0.15) is 6.92 Å². The van der Waals surface area contributed by atoms with Crippen LogP contribution in [0.5, 0.6) is 0 Å². The van der Waals surface area contributed by atoms with Crippen LogP contribution in [-0.4, -0.2) is 5.78 Å². The highest BCUT2D eigenvalue weighted by molar-refractivity contribution is 5.95. The van der Waals surface area contributed by atoms with Crippen molar-refractivity contribution >= 4 is 5.78 Å². The molecule has 0 heterocycles. The molecule has 0 aliphatic heterocycles. The molecule has 0 bridgehead atoms. The van der Waals surface area contributed by atoms with Crippen LogP contribution in [0.15, 0.2) is 24.3 Å². The lowest BCUT2D eigenvalue weighted by molar-refractivity contribution is -0.114. The van der Waals surface area contributed by atoms with Gasteiger partial charge in [-0.2, -0.15) is 0 Å². The molecule has 0 aromatic heterocycles. The van der Waals surface area contributed by atoms with Crippen molar-refractivity contribution in [2.24, 2.45) is 0 Å². The van der Waals surface area contributed by atoms with Crippen LogP contribution < -0.4 is 0 Å². The lowest BCUT2D eigenvalue weighted by Crippen LogP contribution is -1.98. The molecule has 0 aromatic carbocycles. The second kappa shape index (κ2) is 1.95. The standard InChI is InChI=1S/C7H7O/c1-6(8)7-4-2-3-5-7/h2-5H,1H3. The SMILES string of the molecule is CC(=O)[C]1C=CC=C1. The molecule has 0 spiro atoms. The Morgan fingerprint density at radius 3 is 2.12 bits per heavy atom. The zero-order valence-corrected chi connectivity index (χ0v) is 4.72. The van der Waals surface area contributed by atoms with Gasteiger partial charge in [-0.15, -0.1) is 0 Å². The van der Waals surface area contributed by atoms with Gasteiger partial charge in [-0.1, -0.05) is 24.3 Å². The van der Waals surface area contributed by atoms with Crippen molar-refractivity contribution in [2.75, 3.05) is 0 Å². The minimum absolute atomic E-state index is 0.134. The Kier molecular flexibility index (Phi) is 1.29. The lowest BCUT2D eigenvalue weighted by Gasteiger charge is -1.92. The van der Waals surface area contributed by atoms with Gasteiger partial charge in [-0.05, 0) is 6.92 Å². The zero-order valence-electron chi connectivity index (χ0n) is 4.72. The van der Waals surface area contributed by atoms with E-state index in [4.69, 9.17) is 0 Å². The molecule has 1 rings (SSSR count). The van der Waals surface area contributed by atoms with Crippen molar-refractivity contribution < 1.29 is 4.79 Å². The number of carbonyl (C=O) groups excluding carboxylic acids is 1. The topological polar surface area (TPSA) is 17.1 Å². The first-order chi connectivity index (χ1) is 3.80. The maximum absolute atomic E-state index is 10.5. The first kappa shape index (κ1) is 5.29. The smallest absolute Gasteiger partial charge is 0.145 e. The van der Waals surface area contributed by atoms with E-state index in [1.807, 2.05) is 24.3 Å². The Morgan fingerprint density at radius 1 is 1.38 bits per heavy atom. The molecule has 41 valence electrons. The molecular weight excluding hydrogens is 100 g/mol. The summed E-state index contributed by atoms with van der Waals surface area (Å²) in [7, 11) is 0. The van der Waals surface area contributed by atoms with Gasteiger partial charge in [0.25, 0.3) is 0 Å². The monoisotopic (exact) mass is 107 g/mol. The molecule has 1 heteroatoms. The van der Waals surface area contributed by atoms with Crippen molar-refractivity contribution in [3.8, 4) is 0 Å². The molecule has 0 fully saturated rings. The van der Waals surface area contributed by atoms with E-state index >= 15 is 0 Å². The Bertz CT molecular complexity index is 142. The molecule has 0 atom stereocenters. The summed E-state index contributed by atoms with van der Waals surface area (Å²) in [5.74, 6) is 0.931. The minimum Gasteiger partial charge on any atom is -0.299 e. The predicted molar refractivity (Wildman–Crippen MR) is 32.2 cm³/mol. The van der Waals surface area contributed by atoms with E-state index in [-0.39, 0.29) is 5.78 Å². The Balaban J connectivity index is 2.62. The molecular formula is C7H7O. The van der Waals surface area contributed by atoms with Gasteiger partial charge >= 0.3 is 0 Å². The highest BCUT2D eigenvalue weighted by Gasteiger charge is 2.08. The largest absolute Gasteiger partial charge is 0.299 e. The molecule has 0 aromatic rings. The number of hydrogen-bond acceptors (Lipinski definition) is 1. The van der Waals surface area contributed by atoms with Crippen LogP contribution >= 0.6 is 0 Å². The molecule has 1 aliphatic rings. The second-order valence-electron chi connectivity index (χ2n) is 1.73. The van der Waals surface area contributed by atoms with Crippen molar-refractivity contribution in [3.63, 3.8) is 0 Å². The minimum atomic E-state index is 0.134. The number of hydrogen-bond donors (Lipinski definition) is 0. The predicted octanol–water partition coefficient (Wildman–Crippen LogP) is 1.28. The Morgan fingerprint density at radius 2 is 1.88 bits per heavy atom. The van der Waals surface area contributed by atoms with E-state index in [0.29, 0.717) is 0 Å². The fourth-order valence-corrected chi connectivity index (χ4v) is 0.609. The molecule has 1 aliphatic carbocycles. The normalized spacial score (nSPS) is 17.6. The summed E-state index contributed by atoms with van der Waals surface area (Å²) < 4.78 is 0. The maximum atomic E-state index is 10.5. The Labute approximate surface area is 48.7 Å². The number of allylic oxidation sites excluding steroid dienone is 4. The fourth-order valence-electron chi connectivity index (χ4n) is 0.609. The van der Waals surface area contributed by atoms with Crippen LogP contribution in [0.2, 0.25) is 0 Å². The molecule has 0 unspecified atom stereocenters. The van der Waals surface area contributed by atoms with Crippen molar-refractivity contribution in [3.05, 3.63) is 30.2 Å². The molecule has 1 radical (unpaired) electrons. The third-order valence-electron chi connectivity index (χ3n) is 1.07. The third-order valence-corrected chi connectivity index (χ3v) is 1.07. The summed E-state index contributed by atoms with van der Waals surface area (Å²) in [6.07, 6.45) is 7.33. The van der Waals surface area contributed by atoms with Gasteiger partial charge in [0.15, 0.2) is 0 Å². The van der Waals surface area contributed by atoms with E-state index in [0.717, 1.165) is 5.92 Å². The molecule has 0 N–H and O–H groups in total. The Hall–Kier alpha value is -0.850. The molecule has 0 saturated carbocycles. The number of carbonyl (C=O) groups is 1. The van der Waals surface area contributed by atoms with Crippen LogP contribution in [0.25, 0.3) is 0 Å². The molecule has 1 nitrogen and oxygen atoms in total. The summed E-state index contributed by atoms with van der Waals surface area (Å²) >= 11 is 0. The molecule has 0 saturated heterocycles. The van der Waals surface area contributed by atoms with E-state index in [1.165, 1.54) is 0 Å². The van der Waals surface area contributed by atoms with Gasteiger partial charge < -0.3 is 0 Å². The summed E-state index contributed by atoms with van der Waals surface area (Å²) in [5, 5.41) is 0. The van der Waals surface area contributed by atoms with E-state index in [9.17, 15) is 4.79 Å². The van der Waals surface area contributed by atoms with Crippen LogP contribution in [-0.2, 0) is 4.79 Å². The summed E-state index contributed by atoms with van der Waals surface area (Å²) in [4.78, 5) is 10.5. The fraction of sp³-hybridized carbons (Fsp3) is 0.143. The quantitative estimate of drug-likeness (QED) is 0.493. The van der Waals surface area contributed by atoms with Gasteiger partial charge in [0.1, 0.15) is 5.78 Å². The van der Waals surface area contributed by atoms with Crippen molar-refractivity contribution in [1.82, 2.24) is 0 Å². The van der Waals surface area contributed by atoms with E-state index < -0.39 is 0 Å². The van der Waals surface area contributed by atoms with Crippen LogP contribution in [0.3, 0.4) is 0 Å². The maximum Gasteiger partial charge on any atom is 0.145 e.